The fourth-order valence-corrected chi connectivity index (χ4v) is 7.03. The van der Waals surface area contributed by atoms with Gasteiger partial charge in [-0.3, -0.25) is 0 Å². The van der Waals surface area contributed by atoms with E-state index in [4.69, 9.17) is 10.2 Å². The van der Waals surface area contributed by atoms with Gasteiger partial charge in [-0.25, -0.2) is 0 Å². The van der Waals surface area contributed by atoms with Crippen molar-refractivity contribution in [2.24, 2.45) is 0 Å². The SMILES string of the molecule is CCCC[N+](CCCC)(CCCC)CCCC.CCCC[N+](CCCC)(CCCC)CCCC.O=P([O-])([O-])O[C@H]1O[C@@H]([C@H](O)CO)[C@H](O)[C@H]1O. The summed E-state index contributed by atoms with van der Waals surface area (Å²) in [6.07, 6.45) is 13.8. The standard InChI is InChI=1S/2C16H36N.C6H13O9P/c2*1-5-9-13-17(14-10-6-2,15-11-7-3)16-12-8-4;7-1-2(8)5-3(9)4(10)6(14-5)15-16(11,12)13/h2*5-16H2,1-4H3;2-10H,1H2,(H2,11,12,13)/q2*+1;/p-2/t;;2-,3-,4-,5+,6-/m..1/s1. The summed E-state index contributed by atoms with van der Waals surface area (Å²) in [5.74, 6) is 0. The first-order valence-corrected chi connectivity index (χ1v) is 21.9. The van der Waals surface area contributed by atoms with Crippen LogP contribution in [0.2, 0.25) is 0 Å². The molecule has 4 N–H and O–H groups in total. The Morgan fingerprint density at radius 1 is 0.580 bits per heavy atom. The molecule has 0 saturated carbocycles. The predicted molar refractivity (Wildman–Crippen MR) is 201 cm³/mol. The van der Waals surface area contributed by atoms with E-state index in [0.29, 0.717) is 0 Å². The van der Waals surface area contributed by atoms with Crippen molar-refractivity contribution in [1.82, 2.24) is 0 Å². The molecular weight excluding hydrogens is 659 g/mol. The van der Waals surface area contributed by atoms with Crippen molar-refractivity contribution in [3.63, 3.8) is 0 Å². The van der Waals surface area contributed by atoms with Crippen molar-refractivity contribution >= 4 is 7.82 Å². The van der Waals surface area contributed by atoms with Gasteiger partial charge in [0.1, 0.15) is 24.4 Å². The summed E-state index contributed by atoms with van der Waals surface area (Å²) in [4.78, 5) is 20.5. The van der Waals surface area contributed by atoms with E-state index in [2.05, 4.69) is 64.7 Å². The van der Waals surface area contributed by atoms with Gasteiger partial charge in [-0.1, -0.05) is 107 Å². The molecule has 0 aliphatic carbocycles. The maximum atomic E-state index is 10.3. The van der Waals surface area contributed by atoms with E-state index in [1.54, 1.807) is 0 Å². The van der Waals surface area contributed by atoms with Crippen LogP contribution in [0.5, 0.6) is 0 Å². The largest absolute Gasteiger partial charge is 0.790 e. The molecule has 1 rings (SSSR count). The average Bonchev–Trinajstić information content (AvgIpc) is 3.38. The average molecular weight is 743 g/mol. The molecule has 1 aliphatic rings. The number of aliphatic hydroxyl groups is 4. The molecule has 1 saturated heterocycles. The second-order valence-corrected chi connectivity index (χ2v) is 15.7. The molecule has 5 atom stereocenters. The van der Waals surface area contributed by atoms with Crippen molar-refractivity contribution in [3.8, 4) is 0 Å². The zero-order valence-electron chi connectivity index (χ0n) is 33.7. The van der Waals surface area contributed by atoms with Gasteiger partial charge < -0.3 is 53.0 Å². The van der Waals surface area contributed by atoms with Gasteiger partial charge in [-0.15, -0.1) is 0 Å². The highest BCUT2D eigenvalue weighted by atomic mass is 31.2. The molecule has 0 spiro atoms. The van der Waals surface area contributed by atoms with Crippen LogP contribution in [0, 0.1) is 0 Å². The maximum Gasteiger partial charge on any atom is 0.191 e. The smallest absolute Gasteiger partial charge is 0.191 e. The van der Waals surface area contributed by atoms with Crippen molar-refractivity contribution < 1.29 is 53.0 Å². The Labute approximate surface area is 308 Å². The molecule has 0 aromatic heterocycles. The van der Waals surface area contributed by atoms with Crippen molar-refractivity contribution in [2.45, 2.75) is 189 Å². The number of aliphatic hydroxyl groups excluding tert-OH is 4. The van der Waals surface area contributed by atoms with Crippen molar-refractivity contribution in [3.05, 3.63) is 0 Å². The van der Waals surface area contributed by atoms with E-state index in [9.17, 15) is 24.6 Å². The van der Waals surface area contributed by atoms with E-state index in [1.807, 2.05) is 0 Å². The summed E-state index contributed by atoms with van der Waals surface area (Å²) >= 11 is 0. The van der Waals surface area contributed by atoms with E-state index < -0.39 is 45.1 Å². The molecule has 304 valence electrons. The molecule has 50 heavy (non-hydrogen) atoms. The van der Waals surface area contributed by atoms with Crippen LogP contribution >= 0.6 is 7.82 Å². The monoisotopic (exact) mass is 743 g/mol. The lowest BCUT2D eigenvalue weighted by Crippen LogP contribution is -2.50. The first-order valence-electron chi connectivity index (χ1n) is 20.5. The van der Waals surface area contributed by atoms with Crippen LogP contribution in [-0.2, 0) is 13.8 Å². The van der Waals surface area contributed by atoms with E-state index >= 15 is 0 Å². The molecule has 0 aromatic carbocycles. The fourth-order valence-electron chi connectivity index (χ4n) is 6.60. The zero-order chi connectivity index (χ0) is 38.5. The lowest BCUT2D eigenvalue weighted by Gasteiger charge is -2.39. The normalized spacial score (nSPS) is 20.2. The number of hydrogen-bond acceptors (Lipinski definition) is 9. The second-order valence-electron chi connectivity index (χ2n) is 14.6. The Morgan fingerprint density at radius 2 is 0.840 bits per heavy atom. The van der Waals surface area contributed by atoms with Gasteiger partial charge in [-0.2, -0.15) is 0 Å². The summed E-state index contributed by atoms with van der Waals surface area (Å²) in [7, 11) is -5.38. The summed E-state index contributed by atoms with van der Waals surface area (Å²) in [6, 6.07) is 0. The molecule has 11 nitrogen and oxygen atoms in total. The Bertz CT molecular complexity index is 693. The third kappa shape index (κ3) is 23.5. The highest BCUT2D eigenvalue weighted by Crippen LogP contribution is 2.34. The van der Waals surface area contributed by atoms with Gasteiger partial charge in [0, 0.05) is 0 Å². The van der Waals surface area contributed by atoms with Gasteiger partial charge in [0.25, 0.3) is 0 Å². The number of nitrogens with zero attached hydrogens (tertiary/aromatic N) is 2. The summed E-state index contributed by atoms with van der Waals surface area (Å²) in [5.41, 5.74) is 0. The molecule has 0 bridgehead atoms. The van der Waals surface area contributed by atoms with Crippen LogP contribution in [0.1, 0.15) is 158 Å². The van der Waals surface area contributed by atoms with Crippen LogP contribution in [-0.4, -0.2) is 119 Å². The number of hydrogen-bond donors (Lipinski definition) is 4. The van der Waals surface area contributed by atoms with E-state index in [1.165, 1.54) is 164 Å². The quantitative estimate of drug-likeness (QED) is 0.0587. The van der Waals surface area contributed by atoms with Gasteiger partial charge in [0.05, 0.1) is 66.8 Å². The van der Waals surface area contributed by atoms with Crippen LogP contribution < -0.4 is 9.79 Å². The first-order chi connectivity index (χ1) is 23.7. The van der Waals surface area contributed by atoms with Crippen LogP contribution in [0.25, 0.3) is 0 Å². The summed E-state index contributed by atoms with van der Waals surface area (Å²) < 4.78 is 21.5. The van der Waals surface area contributed by atoms with Gasteiger partial charge in [0.15, 0.2) is 6.29 Å². The predicted octanol–water partition coefficient (Wildman–Crippen LogP) is 5.64. The lowest BCUT2D eigenvalue weighted by atomic mass is 10.1. The fraction of sp³-hybridized carbons (Fsp3) is 1.00. The van der Waals surface area contributed by atoms with Crippen LogP contribution in [0.4, 0.5) is 0 Å². The number of phosphoric ester groups is 1. The second kappa shape index (κ2) is 31.2. The van der Waals surface area contributed by atoms with Crippen molar-refractivity contribution in [1.29, 1.82) is 0 Å². The minimum absolute atomic E-state index is 0.770. The first kappa shape index (κ1) is 51.9. The number of rotatable bonds is 28. The Kier molecular flexibility index (Phi) is 32.4. The Balaban J connectivity index is 0. The van der Waals surface area contributed by atoms with E-state index in [0.717, 1.165) is 0 Å². The maximum absolute atomic E-state index is 10.3. The molecule has 0 aromatic rings. The number of ether oxygens (including phenoxy) is 1. The molecule has 0 unspecified atom stereocenters. The molecular formula is C38H83N2O9P. The highest BCUT2D eigenvalue weighted by molar-refractivity contribution is 7.43. The number of quaternary nitrogens is 2. The highest BCUT2D eigenvalue weighted by Gasteiger charge is 2.46. The number of phosphoric acid groups is 1. The lowest BCUT2D eigenvalue weighted by molar-refractivity contribution is -0.929. The van der Waals surface area contributed by atoms with Gasteiger partial charge >= 0.3 is 0 Å². The van der Waals surface area contributed by atoms with E-state index in [-0.39, 0.29) is 0 Å². The molecule has 1 fully saturated rings. The third-order valence-corrected chi connectivity index (χ3v) is 10.4. The summed E-state index contributed by atoms with van der Waals surface area (Å²) in [6.45, 7) is 29.3. The minimum Gasteiger partial charge on any atom is -0.790 e. The van der Waals surface area contributed by atoms with Gasteiger partial charge in [0.2, 0.25) is 0 Å². The molecule has 1 aliphatic heterocycles. The zero-order valence-corrected chi connectivity index (χ0v) is 34.6. The Morgan fingerprint density at radius 3 is 1.04 bits per heavy atom. The van der Waals surface area contributed by atoms with Crippen LogP contribution in [0.15, 0.2) is 0 Å². The molecule has 0 amide bonds. The molecule has 12 heteroatoms. The molecule has 1 heterocycles. The van der Waals surface area contributed by atoms with Gasteiger partial charge in [-0.05, 0) is 51.4 Å². The topological polar surface area (TPSA) is 163 Å². The number of unbranched alkanes of at least 4 members (excludes halogenated alkanes) is 8. The van der Waals surface area contributed by atoms with Crippen LogP contribution in [0.3, 0.4) is 0 Å². The molecule has 0 radical (unpaired) electrons. The Hall–Kier alpha value is -0.170. The van der Waals surface area contributed by atoms with Crippen molar-refractivity contribution in [2.75, 3.05) is 59.0 Å². The third-order valence-electron chi connectivity index (χ3n) is 9.94. The minimum atomic E-state index is -5.38. The summed E-state index contributed by atoms with van der Waals surface area (Å²) in [5, 5.41) is 36.3.